The van der Waals surface area contributed by atoms with E-state index in [1.165, 1.54) is 6.08 Å². The van der Waals surface area contributed by atoms with Gasteiger partial charge >= 0.3 is 6.09 Å². The van der Waals surface area contributed by atoms with Crippen molar-refractivity contribution in [3.8, 4) is 5.75 Å². The van der Waals surface area contributed by atoms with Crippen LogP contribution in [-0.2, 0) is 19.1 Å². The summed E-state index contributed by atoms with van der Waals surface area (Å²) in [4.78, 5) is 44.3. The molecule has 1 aromatic rings. The second-order valence-electron chi connectivity index (χ2n) is 10.3. The van der Waals surface area contributed by atoms with E-state index < -0.39 is 23.4 Å². The molecule has 1 spiro atoms. The van der Waals surface area contributed by atoms with Crippen LogP contribution in [0.2, 0.25) is 0 Å². The minimum absolute atomic E-state index is 0.0196. The standard InChI is InChI=1S/C26H34N2O7/c1-25(2,3)34-24(31)28-13-11-26(12-14-28)17-20(29)19-9-7-18(16-21(19)33-26)8-10-22(30)27-35-23-6-4-5-15-32-23/h7-10,16,23H,4-6,11-15,17H2,1-3H3,(H,27,30). The van der Waals surface area contributed by atoms with Crippen LogP contribution < -0.4 is 10.2 Å². The molecule has 0 saturated carbocycles. The number of rotatable bonds is 4. The molecule has 2 fully saturated rings. The van der Waals surface area contributed by atoms with E-state index in [1.807, 2.05) is 20.8 Å². The second-order valence-corrected chi connectivity index (χ2v) is 10.3. The van der Waals surface area contributed by atoms with Crippen molar-refractivity contribution in [2.24, 2.45) is 0 Å². The minimum atomic E-state index is -0.643. The van der Waals surface area contributed by atoms with Gasteiger partial charge < -0.3 is 19.1 Å². The van der Waals surface area contributed by atoms with Crippen LogP contribution in [0.1, 0.15) is 75.2 Å². The maximum Gasteiger partial charge on any atom is 0.410 e. The number of amides is 2. The molecule has 1 aromatic carbocycles. The van der Waals surface area contributed by atoms with E-state index in [-0.39, 0.29) is 18.3 Å². The van der Waals surface area contributed by atoms with Gasteiger partial charge in [-0.15, -0.1) is 0 Å². The molecule has 3 heterocycles. The van der Waals surface area contributed by atoms with Crippen molar-refractivity contribution in [3.05, 3.63) is 35.4 Å². The quantitative estimate of drug-likeness (QED) is 0.507. The summed E-state index contributed by atoms with van der Waals surface area (Å²) in [6.45, 7) is 7.06. The molecule has 1 N–H and O–H groups in total. The summed E-state index contributed by atoms with van der Waals surface area (Å²) in [6, 6.07) is 5.27. The van der Waals surface area contributed by atoms with Crippen LogP contribution in [0.15, 0.2) is 24.3 Å². The van der Waals surface area contributed by atoms with E-state index in [2.05, 4.69) is 5.48 Å². The Bertz CT molecular complexity index is 984. The van der Waals surface area contributed by atoms with Crippen LogP contribution in [0.3, 0.4) is 0 Å². The summed E-state index contributed by atoms with van der Waals surface area (Å²) in [6.07, 6.45) is 6.36. The number of carbonyl (C=O) groups excluding carboxylic acids is 3. The maximum atomic E-state index is 12.9. The summed E-state index contributed by atoms with van der Waals surface area (Å²) in [5.74, 6) is 0.118. The first-order chi connectivity index (χ1) is 16.6. The molecule has 0 bridgehead atoms. The number of likely N-dealkylation sites (tertiary alicyclic amines) is 1. The van der Waals surface area contributed by atoms with Gasteiger partial charge in [-0.2, -0.15) is 0 Å². The third kappa shape index (κ3) is 6.61. The smallest absolute Gasteiger partial charge is 0.410 e. The molecule has 35 heavy (non-hydrogen) atoms. The molecular weight excluding hydrogens is 452 g/mol. The monoisotopic (exact) mass is 486 g/mol. The van der Waals surface area contributed by atoms with Crippen LogP contribution in [0.25, 0.3) is 6.08 Å². The zero-order valence-corrected chi connectivity index (χ0v) is 20.6. The summed E-state index contributed by atoms with van der Waals surface area (Å²) in [7, 11) is 0. The van der Waals surface area contributed by atoms with Crippen molar-refractivity contribution in [1.82, 2.24) is 10.4 Å². The number of hydrogen-bond donors (Lipinski definition) is 1. The topological polar surface area (TPSA) is 103 Å². The Morgan fingerprint density at radius 3 is 2.66 bits per heavy atom. The molecule has 1 unspecified atom stereocenters. The van der Waals surface area contributed by atoms with Gasteiger partial charge in [0.05, 0.1) is 12.0 Å². The number of nitrogens with zero attached hydrogens (tertiary/aromatic N) is 1. The Morgan fingerprint density at radius 1 is 1.20 bits per heavy atom. The highest BCUT2D eigenvalue weighted by Crippen LogP contribution is 2.40. The lowest BCUT2D eigenvalue weighted by Gasteiger charge is -2.44. The largest absolute Gasteiger partial charge is 0.486 e. The summed E-state index contributed by atoms with van der Waals surface area (Å²) in [5.41, 5.74) is 2.45. The van der Waals surface area contributed by atoms with Gasteiger partial charge in [0.1, 0.15) is 17.0 Å². The van der Waals surface area contributed by atoms with Crippen molar-refractivity contribution in [1.29, 1.82) is 0 Å². The van der Waals surface area contributed by atoms with E-state index in [0.717, 1.165) is 24.8 Å². The lowest BCUT2D eigenvalue weighted by atomic mass is 9.82. The number of piperidine rings is 1. The molecule has 4 rings (SSSR count). The SMILES string of the molecule is CC(C)(C)OC(=O)N1CCC2(CC1)CC(=O)c1ccc(C=CC(=O)NOC3CCCCO3)cc1O2. The lowest BCUT2D eigenvalue weighted by Crippen LogP contribution is -2.53. The highest BCUT2D eigenvalue weighted by molar-refractivity contribution is 6.01. The Labute approximate surface area is 205 Å². The highest BCUT2D eigenvalue weighted by atomic mass is 16.8. The van der Waals surface area contributed by atoms with Crippen molar-refractivity contribution < 1.29 is 33.4 Å². The molecule has 190 valence electrons. The summed E-state index contributed by atoms with van der Waals surface area (Å²) < 4.78 is 17.2. The molecule has 0 radical (unpaired) electrons. The van der Waals surface area contributed by atoms with Gasteiger partial charge in [0.15, 0.2) is 12.1 Å². The van der Waals surface area contributed by atoms with Crippen molar-refractivity contribution >= 4 is 23.9 Å². The fourth-order valence-electron chi connectivity index (χ4n) is 4.45. The number of nitrogens with one attached hydrogen (secondary N) is 1. The zero-order valence-electron chi connectivity index (χ0n) is 20.6. The van der Waals surface area contributed by atoms with Crippen molar-refractivity contribution in [3.63, 3.8) is 0 Å². The molecule has 3 aliphatic heterocycles. The first-order valence-electron chi connectivity index (χ1n) is 12.2. The van der Waals surface area contributed by atoms with Crippen molar-refractivity contribution in [2.75, 3.05) is 19.7 Å². The van der Waals surface area contributed by atoms with Crippen LogP contribution in [-0.4, -0.2) is 59.9 Å². The summed E-state index contributed by atoms with van der Waals surface area (Å²) >= 11 is 0. The number of ether oxygens (including phenoxy) is 3. The molecule has 2 amide bonds. The average Bonchev–Trinajstić information content (AvgIpc) is 2.81. The normalized spacial score (nSPS) is 22.0. The number of ketones is 1. The van der Waals surface area contributed by atoms with Gasteiger partial charge in [-0.25, -0.2) is 15.1 Å². The van der Waals surface area contributed by atoms with E-state index in [9.17, 15) is 14.4 Å². The van der Waals surface area contributed by atoms with E-state index in [0.29, 0.717) is 43.9 Å². The lowest BCUT2D eigenvalue weighted by molar-refractivity contribution is -0.198. The molecule has 2 saturated heterocycles. The first kappa shape index (κ1) is 25.2. The third-order valence-corrected chi connectivity index (χ3v) is 6.30. The Morgan fingerprint density at radius 2 is 1.97 bits per heavy atom. The number of hydroxylamine groups is 1. The number of benzene rings is 1. The molecule has 0 aliphatic carbocycles. The molecule has 1 atom stereocenters. The van der Waals surface area contributed by atoms with Crippen LogP contribution in [0.4, 0.5) is 4.79 Å². The number of carbonyl (C=O) groups is 3. The van der Waals surface area contributed by atoms with E-state index in [4.69, 9.17) is 19.0 Å². The van der Waals surface area contributed by atoms with Crippen LogP contribution >= 0.6 is 0 Å². The van der Waals surface area contributed by atoms with Gasteiger partial charge in [0, 0.05) is 45.0 Å². The highest BCUT2D eigenvalue weighted by Gasteiger charge is 2.44. The number of hydrogen-bond acceptors (Lipinski definition) is 7. The van der Waals surface area contributed by atoms with Crippen LogP contribution in [0.5, 0.6) is 5.75 Å². The van der Waals surface area contributed by atoms with E-state index >= 15 is 0 Å². The summed E-state index contributed by atoms with van der Waals surface area (Å²) in [5, 5.41) is 0. The molecule has 9 nitrogen and oxygen atoms in total. The predicted octanol–water partition coefficient (Wildman–Crippen LogP) is 4.01. The van der Waals surface area contributed by atoms with Gasteiger partial charge in [0.2, 0.25) is 0 Å². The molecule has 3 aliphatic rings. The van der Waals surface area contributed by atoms with Crippen LogP contribution in [0, 0.1) is 0 Å². The van der Waals surface area contributed by atoms with Crippen molar-refractivity contribution in [2.45, 2.75) is 76.8 Å². The first-order valence-corrected chi connectivity index (χ1v) is 12.2. The Balaban J connectivity index is 1.36. The van der Waals surface area contributed by atoms with Gasteiger partial charge in [-0.1, -0.05) is 6.07 Å². The fraction of sp³-hybridized carbons (Fsp3) is 0.577. The number of Topliss-reactive ketones (excluding diaryl/α,β-unsaturated/α-hetero) is 1. The Kier molecular flexibility index (Phi) is 7.47. The van der Waals surface area contributed by atoms with Gasteiger partial charge in [-0.3, -0.25) is 9.59 Å². The predicted molar refractivity (Wildman–Crippen MR) is 128 cm³/mol. The van der Waals surface area contributed by atoms with Gasteiger partial charge in [-0.05, 0) is 57.4 Å². The number of fused-ring (bicyclic) bond motifs is 1. The zero-order chi connectivity index (χ0) is 25.1. The third-order valence-electron chi connectivity index (χ3n) is 6.30. The van der Waals surface area contributed by atoms with Gasteiger partial charge in [0.25, 0.3) is 5.91 Å². The fourth-order valence-corrected chi connectivity index (χ4v) is 4.45. The Hall–Kier alpha value is -2.91. The minimum Gasteiger partial charge on any atom is -0.486 e. The molecular formula is C26H34N2O7. The molecule has 0 aromatic heterocycles. The average molecular weight is 487 g/mol. The van der Waals surface area contributed by atoms with E-state index in [1.54, 1.807) is 29.2 Å². The maximum absolute atomic E-state index is 12.9. The molecule has 9 heteroatoms. The second kappa shape index (κ2) is 10.4.